The Kier molecular flexibility index (Phi) is 3.67. The van der Waals surface area contributed by atoms with Gasteiger partial charge < -0.3 is 0 Å². The van der Waals surface area contributed by atoms with Gasteiger partial charge in [-0.15, -0.1) is 0 Å². The number of benzene rings is 2. The maximum atomic E-state index is 5.89. The first-order valence-corrected chi connectivity index (χ1v) is 6.42. The normalized spacial score (nSPS) is 10.4. The van der Waals surface area contributed by atoms with Gasteiger partial charge in [-0.25, -0.2) is 0 Å². The Balaban J connectivity index is 2.51. The Hall–Kier alpha value is -0.790. The maximum absolute atomic E-state index is 5.89. The highest BCUT2D eigenvalue weighted by atomic mass is 79.9. The summed E-state index contributed by atoms with van der Waals surface area (Å²) in [4.78, 5) is 0. The molecule has 82 valence electrons. The molecule has 0 amide bonds. The van der Waals surface area contributed by atoms with E-state index in [4.69, 9.17) is 11.6 Å². The minimum Gasteiger partial charge on any atom is -0.0843 e. The molecule has 2 rings (SSSR count). The average Bonchev–Trinajstić information content (AvgIpc) is 2.30. The summed E-state index contributed by atoms with van der Waals surface area (Å²) in [7, 11) is 0. The molecule has 0 aromatic heterocycles. The zero-order chi connectivity index (χ0) is 11.5. The van der Waals surface area contributed by atoms with Crippen molar-refractivity contribution in [3.8, 4) is 11.1 Å². The molecular formula is C14H12BrCl. The lowest BCUT2D eigenvalue weighted by atomic mass is 9.98. The zero-order valence-corrected chi connectivity index (χ0v) is 11.3. The Morgan fingerprint density at radius 3 is 2.38 bits per heavy atom. The van der Waals surface area contributed by atoms with Gasteiger partial charge in [0.25, 0.3) is 0 Å². The summed E-state index contributed by atoms with van der Waals surface area (Å²) in [5.41, 5.74) is 3.84. The van der Waals surface area contributed by atoms with Gasteiger partial charge in [-0.1, -0.05) is 52.7 Å². The van der Waals surface area contributed by atoms with Crippen molar-refractivity contribution in [1.29, 1.82) is 0 Å². The number of halogens is 2. The van der Waals surface area contributed by atoms with Crippen LogP contribution in [-0.4, -0.2) is 0 Å². The highest BCUT2D eigenvalue weighted by molar-refractivity contribution is 9.10. The van der Waals surface area contributed by atoms with Gasteiger partial charge in [0.05, 0.1) is 0 Å². The fourth-order valence-corrected chi connectivity index (χ4v) is 2.30. The second-order valence-corrected chi connectivity index (χ2v) is 5.01. The molecule has 0 saturated carbocycles. The topological polar surface area (TPSA) is 0 Å². The largest absolute Gasteiger partial charge is 0.0843 e. The third-order valence-electron chi connectivity index (χ3n) is 2.60. The van der Waals surface area contributed by atoms with Gasteiger partial charge in [0.2, 0.25) is 0 Å². The van der Waals surface area contributed by atoms with E-state index in [0.717, 1.165) is 15.9 Å². The predicted octanol–water partition coefficient (Wildman–Crippen LogP) is 5.33. The third-order valence-corrected chi connectivity index (χ3v) is 3.35. The fourth-order valence-electron chi connectivity index (χ4n) is 1.77. The molecule has 0 heterocycles. The summed E-state index contributed by atoms with van der Waals surface area (Å²) in [6.07, 6.45) is 1.03. The van der Waals surface area contributed by atoms with Crippen LogP contribution in [-0.2, 0) is 6.42 Å². The van der Waals surface area contributed by atoms with E-state index in [1.165, 1.54) is 16.7 Å². The van der Waals surface area contributed by atoms with E-state index < -0.39 is 0 Å². The van der Waals surface area contributed by atoms with Crippen LogP contribution in [0.4, 0.5) is 0 Å². The van der Waals surface area contributed by atoms with E-state index >= 15 is 0 Å². The second kappa shape index (κ2) is 5.03. The molecule has 2 heteroatoms. The molecule has 2 aromatic carbocycles. The van der Waals surface area contributed by atoms with Crippen LogP contribution in [0.2, 0.25) is 5.02 Å². The summed E-state index contributed by atoms with van der Waals surface area (Å²) in [6.45, 7) is 2.17. The smallest absolute Gasteiger partial charge is 0.0406 e. The molecule has 0 aliphatic carbocycles. The van der Waals surface area contributed by atoms with E-state index in [9.17, 15) is 0 Å². The molecule has 2 aromatic rings. The second-order valence-electron chi connectivity index (χ2n) is 3.66. The molecule has 0 fully saturated rings. The van der Waals surface area contributed by atoms with Gasteiger partial charge in [0, 0.05) is 9.50 Å². The van der Waals surface area contributed by atoms with E-state index in [1.54, 1.807) is 0 Å². The molecule has 0 atom stereocenters. The average molecular weight is 296 g/mol. The van der Waals surface area contributed by atoms with Gasteiger partial charge in [-0.05, 0) is 47.4 Å². The van der Waals surface area contributed by atoms with Gasteiger partial charge in [0.15, 0.2) is 0 Å². The van der Waals surface area contributed by atoms with Crippen LogP contribution in [0.25, 0.3) is 11.1 Å². The molecule has 0 unspecified atom stereocenters. The minimum atomic E-state index is 0.777. The SMILES string of the molecule is CCc1cc(Br)ccc1-c1ccc(Cl)cc1. The number of hydrogen-bond donors (Lipinski definition) is 0. The summed E-state index contributed by atoms with van der Waals surface area (Å²) >= 11 is 9.39. The van der Waals surface area contributed by atoms with Crippen molar-refractivity contribution in [3.05, 3.63) is 57.5 Å². The zero-order valence-electron chi connectivity index (χ0n) is 9.00. The summed E-state index contributed by atoms with van der Waals surface area (Å²) in [5.74, 6) is 0. The first kappa shape index (κ1) is 11.7. The molecule has 0 aliphatic rings. The van der Waals surface area contributed by atoms with E-state index in [1.807, 2.05) is 12.1 Å². The van der Waals surface area contributed by atoms with Crippen LogP contribution in [0.5, 0.6) is 0 Å². The number of rotatable bonds is 2. The number of aryl methyl sites for hydroxylation is 1. The van der Waals surface area contributed by atoms with E-state index in [2.05, 4.69) is 53.2 Å². The van der Waals surface area contributed by atoms with Crippen LogP contribution < -0.4 is 0 Å². The quantitative estimate of drug-likeness (QED) is 0.702. The van der Waals surface area contributed by atoms with Crippen molar-refractivity contribution in [2.45, 2.75) is 13.3 Å². The Labute approximate surface area is 109 Å². The van der Waals surface area contributed by atoms with Crippen LogP contribution in [0, 0.1) is 0 Å². The van der Waals surface area contributed by atoms with Crippen molar-refractivity contribution in [2.24, 2.45) is 0 Å². The summed E-state index contributed by atoms with van der Waals surface area (Å²) in [5, 5.41) is 0.777. The lowest BCUT2D eigenvalue weighted by molar-refractivity contribution is 1.14. The van der Waals surface area contributed by atoms with E-state index in [0.29, 0.717) is 0 Å². The summed E-state index contributed by atoms with van der Waals surface area (Å²) in [6, 6.07) is 14.4. The molecule has 0 aliphatic heterocycles. The molecule has 0 N–H and O–H groups in total. The molecule has 0 spiro atoms. The van der Waals surface area contributed by atoms with Crippen molar-refractivity contribution in [3.63, 3.8) is 0 Å². The van der Waals surface area contributed by atoms with Crippen LogP contribution >= 0.6 is 27.5 Å². The van der Waals surface area contributed by atoms with Gasteiger partial charge in [0.1, 0.15) is 0 Å². The highest BCUT2D eigenvalue weighted by Crippen LogP contribution is 2.28. The molecule has 0 bridgehead atoms. The lowest BCUT2D eigenvalue weighted by Gasteiger charge is -2.08. The molecule has 16 heavy (non-hydrogen) atoms. The predicted molar refractivity (Wildman–Crippen MR) is 74.0 cm³/mol. The third kappa shape index (κ3) is 2.47. The van der Waals surface area contributed by atoms with Crippen molar-refractivity contribution < 1.29 is 0 Å². The first-order chi connectivity index (χ1) is 7.70. The molecule has 0 saturated heterocycles. The van der Waals surface area contributed by atoms with Crippen molar-refractivity contribution >= 4 is 27.5 Å². The fraction of sp³-hybridized carbons (Fsp3) is 0.143. The maximum Gasteiger partial charge on any atom is 0.0406 e. The molecule has 0 radical (unpaired) electrons. The van der Waals surface area contributed by atoms with Crippen LogP contribution in [0.1, 0.15) is 12.5 Å². The first-order valence-electron chi connectivity index (χ1n) is 5.25. The Morgan fingerprint density at radius 2 is 1.75 bits per heavy atom. The minimum absolute atomic E-state index is 0.777. The summed E-state index contributed by atoms with van der Waals surface area (Å²) < 4.78 is 1.13. The highest BCUT2D eigenvalue weighted by Gasteiger charge is 2.04. The number of hydrogen-bond acceptors (Lipinski definition) is 0. The van der Waals surface area contributed by atoms with Gasteiger partial charge >= 0.3 is 0 Å². The Morgan fingerprint density at radius 1 is 1.06 bits per heavy atom. The van der Waals surface area contributed by atoms with E-state index in [-0.39, 0.29) is 0 Å². The van der Waals surface area contributed by atoms with Crippen LogP contribution in [0.3, 0.4) is 0 Å². The molecule has 0 nitrogen and oxygen atoms in total. The van der Waals surface area contributed by atoms with Crippen molar-refractivity contribution in [1.82, 2.24) is 0 Å². The van der Waals surface area contributed by atoms with Gasteiger partial charge in [-0.2, -0.15) is 0 Å². The standard InChI is InChI=1S/C14H12BrCl/c1-2-10-9-12(15)5-8-14(10)11-3-6-13(16)7-4-11/h3-9H,2H2,1H3. The van der Waals surface area contributed by atoms with Crippen molar-refractivity contribution in [2.75, 3.05) is 0 Å². The Bertz CT molecular complexity index is 489. The lowest BCUT2D eigenvalue weighted by Crippen LogP contribution is -1.87. The van der Waals surface area contributed by atoms with Gasteiger partial charge in [-0.3, -0.25) is 0 Å². The molecular weight excluding hydrogens is 284 g/mol. The van der Waals surface area contributed by atoms with Crippen LogP contribution in [0.15, 0.2) is 46.9 Å². The monoisotopic (exact) mass is 294 g/mol.